The molecule has 0 saturated heterocycles. The van der Waals surface area contributed by atoms with E-state index >= 15 is 0 Å². The van der Waals surface area contributed by atoms with E-state index in [4.69, 9.17) is 5.73 Å². The topological polar surface area (TPSA) is 29.3 Å². The highest BCUT2D eigenvalue weighted by Crippen LogP contribution is 2.30. The summed E-state index contributed by atoms with van der Waals surface area (Å²) < 4.78 is 0. The molecular weight excluding hydrogens is 208 g/mol. The minimum absolute atomic E-state index is 0.396. The highest BCUT2D eigenvalue weighted by molar-refractivity contribution is 4.89. The van der Waals surface area contributed by atoms with Crippen LogP contribution in [0.5, 0.6) is 0 Å². The molecule has 0 aromatic rings. The van der Waals surface area contributed by atoms with Gasteiger partial charge in [-0.3, -0.25) is 4.90 Å². The zero-order valence-electron chi connectivity index (χ0n) is 12.3. The molecule has 0 amide bonds. The molecule has 0 heterocycles. The fourth-order valence-corrected chi connectivity index (χ4v) is 3.34. The van der Waals surface area contributed by atoms with Gasteiger partial charge in [0.2, 0.25) is 0 Å². The van der Waals surface area contributed by atoms with Crippen molar-refractivity contribution in [2.24, 2.45) is 11.7 Å². The zero-order valence-corrected chi connectivity index (χ0v) is 12.3. The van der Waals surface area contributed by atoms with Crippen molar-refractivity contribution in [3.63, 3.8) is 0 Å². The summed E-state index contributed by atoms with van der Waals surface area (Å²) in [6.45, 7) is 6.91. The minimum Gasteiger partial charge on any atom is -0.326 e. The second-order valence-electron chi connectivity index (χ2n) is 6.00. The summed E-state index contributed by atoms with van der Waals surface area (Å²) in [5.74, 6) is 0.918. The Kier molecular flexibility index (Phi) is 6.50. The maximum absolute atomic E-state index is 6.33. The molecule has 0 spiro atoms. The van der Waals surface area contributed by atoms with E-state index in [1.165, 1.54) is 44.9 Å². The highest BCUT2D eigenvalue weighted by atomic mass is 15.2. The van der Waals surface area contributed by atoms with E-state index < -0.39 is 0 Å². The molecule has 1 rings (SSSR count). The van der Waals surface area contributed by atoms with Gasteiger partial charge in [0.25, 0.3) is 0 Å². The molecule has 0 aliphatic heterocycles. The van der Waals surface area contributed by atoms with E-state index in [0.717, 1.165) is 5.92 Å². The normalized spacial score (nSPS) is 31.8. The van der Waals surface area contributed by atoms with Gasteiger partial charge in [-0.1, -0.05) is 33.1 Å². The summed E-state index contributed by atoms with van der Waals surface area (Å²) in [7, 11) is 2.28. The van der Waals surface area contributed by atoms with Crippen LogP contribution in [0.3, 0.4) is 0 Å². The number of likely N-dealkylation sites (N-methyl/N-ethyl adjacent to an activating group) is 1. The molecule has 0 radical (unpaired) electrons. The number of hydrogen-bond acceptors (Lipinski definition) is 2. The van der Waals surface area contributed by atoms with Crippen molar-refractivity contribution in [2.45, 2.75) is 83.8 Å². The number of hydrogen-bond donors (Lipinski definition) is 1. The minimum atomic E-state index is 0.396. The summed E-state index contributed by atoms with van der Waals surface area (Å²) in [4.78, 5) is 2.55. The van der Waals surface area contributed by atoms with Crippen LogP contribution in [0.1, 0.15) is 65.7 Å². The third-order valence-corrected chi connectivity index (χ3v) is 4.60. The largest absolute Gasteiger partial charge is 0.326 e. The Bertz CT molecular complexity index is 201. The molecule has 102 valence electrons. The molecule has 1 aliphatic carbocycles. The van der Waals surface area contributed by atoms with E-state index in [1.807, 2.05) is 0 Å². The predicted octanol–water partition coefficient (Wildman–Crippen LogP) is 3.40. The number of nitrogens with two attached hydrogens (primary N) is 1. The van der Waals surface area contributed by atoms with Gasteiger partial charge in [-0.15, -0.1) is 0 Å². The van der Waals surface area contributed by atoms with Gasteiger partial charge in [0.1, 0.15) is 0 Å². The molecule has 0 aromatic carbocycles. The fourth-order valence-electron chi connectivity index (χ4n) is 3.34. The van der Waals surface area contributed by atoms with Crippen molar-refractivity contribution in [3.8, 4) is 0 Å². The standard InChI is InChI=1S/C15H32N2/c1-5-7-12(3)17(4)15-11-13(8-6-2)9-10-14(15)16/h12-15H,5-11,16H2,1-4H3. The quantitative estimate of drug-likeness (QED) is 0.771. The lowest BCUT2D eigenvalue weighted by Crippen LogP contribution is -2.52. The van der Waals surface area contributed by atoms with E-state index in [9.17, 15) is 0 Å². The molecule has 4 unspecified atom stereocenters. The van der Waals surface area contributed by atoms with Gasteiger partial charge >= 0.3 is 0 Å². The molecule has 1 aliphatic rings. The molecular formula is C15H32N2. The van der Waals surface area contributed by atoms with Crippen LogP contribution in [0.25, 0.3) is 0 Å². The van der Waals surface area contributed by atoms with Crippen LogP contribution in [0.15, 0.2) is 0 Å². The fraction of sp³-hybridized carbons (Fsp3) is 1.00. The van der Waals surface area contributed by atoms with Crippen LogP contribution in [0.4, 0.5) is 0 Å². The van der Waals surface area contributed by atoms with Gasteiger partial charge in [0.15, 0.2) is 0 Å². The van der Waals surface area contributed by atoms with Gasteiger partial charge in [-0.2, -0.15) is 0 Å². The number of rotatable bonds is 6. The summed E-state index contributed by atoms with van der Waals surface area (Å²) in [5, 5.41) is 0. The van der Waals surface area contributed by atoms with Gasteiger partial charge < -0.3 is 5.73 Å². The summed E-state index contributed by atoms with van der Waals surface area (Å²) >= 11 is 0. The summed E-state index contributed by atoms with van der Waals surface area (Å²) in [5.41, 5.74) is 6.33. The number of nitrogens with zero attached hydrogens (tertiary/aromatic N) is 1. The molecule has 17 heavy (non-hydrogen) atoms. The maximum atomic E-state index is 6.33. The average molecular weight is 240 g/mol. The third-order valence-electron chi connectivity index (χ3n) is 4.60. The molecule has 1 saturated carbocycles. The van der Waals surface area contributed by atoms with Gasteiger partial charge in [-0.25, -0.2) is 0 Å². The first-order valence-electron chi connectivity index (χ1n) is 7.57. The van der Waals surface area contributed by atoms with Gasteiger partial charge in [-0.05, 0) is 45.6 Å². The molecule has 0 bridgehead atoms. The molecule has 0 aromatic heterocycles. The first-order chi connectivity index (χ1) is 8.10. The van der Waals surface area contributed by atoms with E-state index in [1.54, 1.807) is 0 Å². The monoisotopic (exact) mass is 240 g/mol. The SMILES string of the molecule is CCCC1CCC(N)C(N(C)C(C)CCC)C1. The van der Waals surface area contributed by atoms with Crippen molar-refractivity contribution in [2.75, 3.05) is 7.05 Å². The highest BCUT2D eigenvalue weighted by Gasteiger charge is 2.31. The van der Waals surface area contributed by atoms with Crippen molar-refractivity contribution in [1.29, 1.82) is 0 Å². The van der Waals surface area contributed by atoms with Crippen molar-refractivity contribution < 1.29 is 0 Å². The lowest BCUT2D eigenvalue weighted by molar-refractivity contribution is 0.0968. The van der Waals surface area contributed by atoms with Crippen LogP contribution in [-0.4, -0.2) is 30.1 Å². The lowest BCUT2D eigenvalue weighted by Gasteiger charge is -2.42. The Morgan fingerprint density at radius 3 is 2.53 bits per heavy atom. The Balaban J connectivity index is 2.53. The van der Waals surface area contributed by atoms with E-state index in [2.05, 4.69) is 32.7 Å². The Hall–Kier alpha value is -0.0800. The average Bonchev–Trinajstić information content (AvgIpc) is 2.31. The van der Waals surface area contributed by atoms with Crippen molar-refractivity contribution in [1.82, 2.24) is 4.90 Å². The second kappa shape index (κ2) is 7.38. The molecule has 4 atom stereocenters. The third kappa shape index (κ3) is 4.26. The Labute approximate surface area is 108 Å². The van der Waals surface area contributed by atoms with Crippen molar-refractivity contribution >= 4 is 0 Å². The summed E-state index contributed by atoms with van der Waals surface area (Å²) in [6, 6.07) is 1.69. The van der Waals surface area contributed by atoms with E-state index in [0.29, 0.717) is 18.1 Å². The molecule has 2 nitrogen and oxygen atoms in total. The van der Waals surface area contributed by atoms with Crippen LogP contribution in [0.2, 0.25) is 0 Å². The Morgan fingerprint density at radius 2 is 1.94 bits per heavy atom. The second-order valence-corrected chi connectivity index (χ2v) is 6.00. The summed E-state index contributed by atoms with van der Waals surface area (Å²) in [6.07, 6.45) is 9.16. The van der Waals surface area contributed by atoms with Crippen LogP contribution in [0, 0.1) is 5.92 Å². The molecule has 1 fully saturated rings. The molecule has 2 heteroatoms. The first kappa shape index (κ1) is 15.0. The van der Waals surface area contributed by atoms with Crippen LogP contribution < -0.4 is 5.73 Å². The Morgan fingerprint density at radius 1 is 1.24 bits per heavy atom. The predicted molar refractivity (Wildman–Crippen MR) is 76.1 cm³/mol. The van der Waals surface area contributed by atoms with E-state index in [-0.39, 0.29) is 0 Å². The van der Waals surface area contributed by atoms with Crippen LogP contribution >= 0.6 is 0 Å². The maximum Gasteiger partial charge on any atom is 0.0249 e. The molecule has 2 N–H and O–H groups in total. The zero-order chi connectivity index (χ0) is 12.8. The van der Waals surface area contributed by atoms with Gasteiger partial charge in [0, 0.05) is 18.1 Å². The van der Waals surface area contributed by atoms with Gasteiger partial charge in [0.05, 0.1) is 0 Å². The van der Waals surface area contributed by atoms with Crippen LogP contribution in [-0.2, 0) is 0 Å². The first-order valence-corrected chi connectivity index (χ1v) is 7.57. The lowest BCUT2D eigenvalue weighted by atomic mass is 9.79. The van der Waals surface area contributed by atoms with Crippen molar-refractivity contribution in [3.05, 3.63) is 0 Å². The smallest absolute Gasteiger partial charge is 0.0249 e.